The number of rotatable bonds is 19. The Balaban J connectivity index is 2.02. The zero-order chi connectivity index (χ0) is 30.5. The van der Waals surface area contributed by atoms with Crippen molar-refractivity contribution in [3.63, 3.8) is 0 Å². The largest absolute Gasteiger partial charge is 0.507 e. The van der Waals surface area contributed by atoms with E-state index in [1.165, 1.54) is 13.2 Å². The fourth-order valence-corrected chi connectivity index (χ4v) is 4.93. The molecular weight excluding hydrogens is 532 g/mol. The minimum atomic E-state index is -0.221. The van der Waals surface area contributed by atoms with Gasteiger partial charge in [0.05, 0.1) is 25.9 Å². The summed E-state index contributed by atoms with van der Waals surface area (Å²) in [5.74, 6) is 2.08. The first-order chi connectivity index (χ1) is 20.2. The number of benzene rings is 2. The molecule has 0 spiro atoms. The van der Waals surface area contributed by atoms with Crippen molar-refractivity contribution in [3.05, 3.63) is 46.1 Å². The van der Waals surface area contributed by atoms with Crippen LogP contribution in [0.4, 0.5) is 0 Å². The summed E-state index contributed by atoms with van der Waals surface area (Å²) in [5.41, 5.74) is 1.31. The van der Waals surface area contributed by atoms with Gasteiger partial charge in [-0.3, -0.25) is 4.79 Å². The topological polar surface area (TPSA) is 84.6 Å². The molecular formula is C34H50N2O6. The lowest BCUT2D eigenvalue weighted by atomic mass is 9.98. The van der Waals surface area contributed by atoms with Crippen molar-refractivity contribution >= 4 is 11.0 Å². The Morgan fingerprint density at radius 1 is 0.810 bits per heavy atom. The fraction of sp³-hybridized carbons (Fsp3) is 0.559. The molecule has 0 fully saturated rings. The lowest BCUT2D eigenvalue weighted by Gasteiger charge is -2.17. The number of ether oxygens (including phenoxy) is 3. The second-order valence-corrected chi connectivity index (χ2v) is 11.4. The van der Waals surface area contributed by atoms with Crippen molar-refractivity contribution in [2.24, 2.45) is 0 Å². The predicted octanol–water partition coefficient (Wildman–Crippen LogP) is 6.74. The highest BCUT2D eigenvalue weighted by Crippen LogP contribution is 2.39. The van der Waals surface area contributed by atoms with Gasteiger partial charge in [-0.1, -0.05) is 26.2 Å². The van der Waals surface area contributed by atoms with E-state index in [-0.39, 0.29) is 22.1 Å². The Bertz CT molecular complexity index is 1320. The molecule has 1 N–H and O–H groups in total. The number of hydrogen-bond donors (Lipinski definition) is 1. The van der Waals surface area contributed by atoms with Gasteiger partial charge in [-0.05, 0) is 91.9 Å². The van der Waals surface area contributed by atoms with Crippen LogP contribution < -0.4 is 19.6 Å². The van der Waals surface area contributed by atoms with E-state index in [9.17, 15) is 9.90 Å². The molecule has 0 atom stereocenters. The number of unbranched alkanes of at least 4 members (excludes halogenated alkanes) is 5. The van der Waals surface area contributed by atoms with Crippen molar-refractivity contribution in [3.8, 4) is 34.3 Å². The maximum atomic E-state index is 13.9. The van der Waals surface area contributed by atoms with Gasteiger partial charge in [-0.2, -0.15) is 0 Å². The summed E-state index contributed by atoms with van der Waals surface area (Å²) in [6.45, 7) is 5.31. The first-order valence-electron chi connectivity index (χ1n) is 15.3. The molecule has 1 heterocycles. The van der Waals surface area contributed by atoms with Crippen molar-refractivity contribution in [1.82, 2.24) is 9.80 Å². The number of methoxy groups -OCH3 is 1. The van der Waals surface area contributed by atoms with E-state index < -0.39 is 0 Å². The molecule has 3 rings (SSSR count). The van der Waals surface area contributed by atoms with E-state index in [0.29, 0.717) is 48.0 Å². The van der Waals surface area contributed by atoms with Gasteiger partial charge in [-0.25, -0.2) is 0 Å². The van der Waals surface area contributed by atoms with Crippen LogP contribution in [-0.2, 0) is 6.42 Å². The van der Waals surface area contributed by atoms with Gasteiger partial charge >= 0.3 is 0 Å². The second kappa shape index (κ2) is 17.0. The van der Waals surface area contributed by atoms with E-state index in [1.54, 1.807) is 6.07 Å². The van der Waals surface area contributed by atoms with E-state index in [1.807, 2.05) is 18.2 Å². The van der Waals surface area contributed by atoms with Gasteiger partial charge in [-0.15, -0.1) is 0 Å². The minimum Gasteiger partial charge on any atom is -0.507 e. The summed E-state index contributed by atoms with van der Waals surface area (Å²) in [5, 5.41) is 10.9. The zero-order valence-corrected chi connectivity index (χ0v) is 26.5. The number of phenols is 1. The molecule has 1 aromatic heterocycles. The van der Waals surface area contributed by atoms with Crippen molar-refractivity contribution in [1.29, 1.82) is 0 Å². The van der Waals surface area contributed by atoms with Crippen LogP contribution in [0.25, 0.3) is 22.3 Å². The number of nitrogens with zero attached hydrogens (tertiary/aromatic N) is 2. The maximum absolute atomic E-state index is 13.9. The van der Waals surface area contributed by atoms with Gasteiger partial charge in [0.2, 0.25) is 0 Å². The molecule has 0 aliphatic carbocycles. The average Bonchev–Trinajstić information content (AvgIpc) is 2.95. The van der Waals surface area contributed by atoms with Gasteiger partial charge in [0.1, 0.15) is 39.7 Å². The number of hydrogen-bond acceptors (Lipinski definition) is 8. The highest BCUT2D eigenvalue weighted by atomic mass is 16.5. The highest BCUT2D eigenvalue weighted by Gasteiger charge is 2.22. The Hall–Kier alpha value is -3.23. The van der Waals surface area contributed by atoms with E-state index >= 15 is 0 Å². The van der Waals surface area contributed by atoms with Gasteiger partial charge in [0.25, 0.3) is 0 Å². The summed E-state index contributed by atoms with van der Waals surface area (Å²) in [7, 11) is 9.79. The average molecular weight is 583 g/mol. The van der Waals surface area contributed by atoms with Crippen LogP contribution in [0.3, 0.4) is 0 Å². The third-order valence-electron chi connectivity index (χ3n) is 7.28. The molecule has 0 aliphatic heterocycles. The molecule has 0 bridgehead atoms. The normalized spacial score (nSPS) is 11.5. The summed E-state index contributed by atoms with van der Waals surface area (Å²) in [6, 6.07) is 8.83. The van der Waals surface area contributed by atoms with Crippen LogP contribution in [-0.4, -0.2) is 76.5 Å². The molecule has 232 valence electrons. The van der Waals surface area contributed by atoms with Crippen LogP contribution in [0.15, 0.2) is 39.5 Å². The molecule has 3 aromatic rings. The molecule has 0 saturated heterocycles. The van der Waals surface area contributed by atoms with Crippen molar-refractivity contribution < 1.29 is 23.7 Å². The van der Waals surface area contributed by atoms with Crippen LogP contribution in [0.5, 0.6) is 23.0 Å². The minimum absolute atomic E-state index is 0.144. The third-order valence-corrected chi connectivity index (χ3v) is 7.28. The standard InChI is InChI=1S/C34H50N2O6/c1-7-8-9-10-15-28-33(38)32-29(37)22-26(39-6)24-31(32)42-34(28)27-17-16-25(40-20-13-11-18-35(2)3)23-30(27)41-21-14-12-19-36(4)5/h16-17,22-24,37H,7-15,18-21H2,1-6H3. The molecule has 8 heteroatoms. The smallest absolute Gasteiger partial charge is 0.200 e. The maximum Gasteiger partial charge on any atom is 0.200 e. The first-order valence-corrected chi connectivity index (χ1v) is 15.3. The third kappa shape index (κ3) is 9.66. The molecule has 2 aromatic carbocycles. The molecule has 42 heavy (non-hydrogen) atoms. The van der Waals surface area contributed by atoms with Crippen LogP contribution in [0.1, 0.15) is 63.9 Å². The number of phenolic OH excluding ortho intramolecular Hbond substituents is 1. The van der Waals surface area contributed by atoms with E-state index in [2.05, 4.69) is 44.9 Å². The molecule has 0 radical (unpaired) electrons. The van der Waals surface area contributed by atoms with Gasteiger partial charge < -0.3 is 33.5 Å². The highest BCUT2D eigenvalue weighted by molar-refractivity contribution is 5.88. The van der Waals surface area contributed by atoms with Crippen LogP contribution in [0, 0.1) is 0 Å². The number of aromatic hydroxyl groups is 1. The van der Waals surface area contributed by atoms with Crippen LogP contribution in [0.2, 0.25) is 0 Å². The number of fused-ring (bicyclic) bond motifs is 1. The quantitative estimate of drug-likeness (QED) is 0.156. The second-order valence-electron chi connectivity index (χ2n) is 11.4. The van der Waals surface area contributed by atoms with Gasteiger partial charge in [0.15, 0.2) is 5.43 Å². The summed E-state index contributed by atoms with van der Waals surface area (Å²) < 4.78 is 24.2. The summed E-state index contributed by atoms with van der Waals surface area (Å²) >= 11 is 0. The molecule has 0 saturated carbocycles. The van der Waals surface area contributed by atoms with Crippen molar-refractivity contribution in [2.75, 3.05) is 61.6 Å². The summed E-state index contributed by atoms with van der Waals surface area (Å²) in [6.07, 6.45) is 8.52. The predicted molar refractivity (Wildman–Crippen MR) is 171 cm³/mol. The Morgan fingerprint density at radius 2 is 1.50 bits per heavy atom. The molecule has 0 amide bonds. The lowest BCUT2D eigenvalue weighted by Crippen LogP contribution is -2.14. The monoisotopic (exact) mass is 582 g/mol. The zero-order valence-electron chi connectivity index (χ0n) is 26.5. The molecule has 8 nitrogen and oxygen atoms in total. The van der Waals surface area contributed by atoms with E-state index in [4.69, 9.17) is 18.6 Å². The fourth-order valence-electron chi connectivity index (χ4n) is 4.93. The van der Waals surface area contributed by atoms with Crippen LogP contribution >= 0.6 is 0 Å². The Kier molecular flexibility index (Phi) is 13.5. The van der Waals surface area contributed by atoms with Gasteiger partial charge in [0, 0.05) is 23.8 Å². The lowest BCUT2D eigenvalue weighted by molar-refractivity contribution is 0.281. The summed E-state index contributed by atoms with van der Waals surface area (Å²) in [4.78, 5) is 18.2. The first kappa shape index (κ1) is 33.3. The SMILES string of the molecule is CCCCCCc1c(-c2ccc(OCCCCN(C)C)cc2OCCCCN(C)C)oc2cc(OC)cc(O)c2c1=O. The molecule has 0 aliphatic rings. The van der Waals surface area contributed by atoms with Crippen molar-refractivity contribution in [2.45, 2.75) is 64.7 Å². The Morgan fingerprint density at radius 3 is 2.14 bits per heavy atom. The van der Waals surface area contributed by atoms with E-state index in [0.717, 1.165) is 70.2 Å². The Labute approximate surface area is 251 Å². The molecule has 0 unspecified atom stereocenters.